The maximum atomic E-state index is 13.9. The van der Waals surface area contributed by atoms with Crippen LogP contribution in [0.1, 0.15) is 70.8 Å². The van der Waals surface area contributed by atoms with E-state index in [4.69, 9.17) is 4.74 Å². The Balaban J connectivity index is 1.78. The van der Waals surface area contributed by atoms with Crippen molar-refractivity contribution >= 4 is 0 Å². The molecule has 0 radical (unpaired) electrons. The van der Waals surface area contributed by atoms with Gasteiger partial charge in [0.25, 0.3) is 0 Å². The highest BCUT2D eigenvalue weighted by atomic mass is 19.1. The van der Waals surface area contributed by atoms with Crippen LogP contribution in [0.5, 0.6) is 5.75 Å². The lowest BCUT2D eigenvalue weighted by Gasteiger charge is -2.26. The van der Waals surface area contributed by atoms with Crippen molar-refractivity contribution in [3.63, 3.8) is 0 Å². The van der Waals surface area contributed by atoms with Crippen LogP contribution >= 0.6 is 0 Å². The van der Waals surface area contributed by atoms with Crippen LogP contribution in [0.4, 0.5) is 4.39 Å². The molecule has 136 valence electrons. The summed E-state index contributed by atoms with van der Waals surface area (Å²) in [5.41, 5.74) is 0.424. The Hall–Kier alpha value is -1.75. The van der Waals surface area contributed by atoms with E-state index in [2.05, 4.69) is 24.8 Å². The lowest BCUT2D eigenvalue weighted by atomic mass is 9.79. The van der Waals surface area contributed by atoms with Crippen molar-refractivity contribution in [1.82, 2.24) is 0 Å². The van der Waals surface area contributed by atoms with Crippen molar-refractivity contribution in [3.05, 3.63) is 41.7 Å². The van der Waals surface area contributed by atoms with Gasteiger partial charge in [-0.3, -0.25) is 0 Å². The van der Waals surface area contributed by atoms with Gasteiger partial charge in [0.1, 0.15) is 11.6 Å². The summed E-state index contributed by atoms with van der Waals surface area (Å²) >= 11 is 0. The molecule has 0 atom stereocenters. The quantitative estimate of drug-likeness (QED) is 0.405. The van der Waals surface area contributed by atoms with E-state index in [1.165, 1.54) is 57.4 Å². The molecular weight excluding hydrogens is 311 g/mol. The summed E-state index contributed by atoms with van der Waals surface area (Å²) in [5, 5.41) is 0. The van der Waals surface area contributed by atoms with Crippen molar-refractivity contribution < 1.29 is 9.13 Å². The Bertz CT molecular complexity index is 600. The van der Waals surface area contributed by atoms with E-state index in [0.29, 0.717) is 23.8 Å². The topological polar surface area (TPSA) is 9.23 Å². The van der Waals surface area contributed by atoms with Gasteiger partial charge >= 0.3 is 0 Å². The molecule has 25 heavy (non-hydrogen) atoms. The molecule has 1 nitrogen and oxygen atoms in total. The fourth-order valence-electron chi connectivity index (χ4n) is 3.51. The Labute approximate surface area is 152 Å². The molecule has 0 saturated heterocycles. The standard InChI is InChI=1S/C23H31FO/c1-3-5-6-9-19-12-14-20(15-13-19)10-7-8-11-21-16-17-22(25-4-2)18-23(21)24/h7,10,16-20H,3-6,9,12-15H2,1-2H3/b10-7+/t19-,20-. The van der Waals surface area contributed by atoms with Gasteiger partial charge in [0.2, 0.25) is 0 Å². The molecule has 1 fully saturated rings. The van der Waals surface area contributed by atoms with E-state index in [1.54, 1.807) is 12.1 Å². The van der Waals surface area contributed by atoms with Gasteiger partial charge in [-0.15, -0.1) is 0 Å². The lowest BCUT2D eigenvalue weighted by Crippen LogP contribution is -2.12. The highest BCUT2D eigenvalue weighted by Crippen LogP contribution is 2.32. The van der Waals surface area contributed by atoms with Gasteiger partial charge in [-0.2, -0.15) is 0 Å². The SMILES string of the molecule is CCCCC[C@H]1CC[C@H](/C=C/C#Cc2ccc(OCC)cc2F)CC1. The zero-order valence-corrected chi connectivity index (χ0v) is 15.7. The molecule has 2 heteroatoms. The highest BCUT2D eigenvalue weighted by Gasteiger charge is 2.18. The molecule has 1 aromatic carbocycles. The monoisotopic (exact) mass is 342 g/mol. The van der Waals surface area contributed by atoms with E-state index < -0.39 is 0 Å². The first kappa shape index (κ1) is 19.6. The van der Waals surface area contributed by atoms with Crippen LogP contribution in [0.25, 0.3) is 0 Å². The molecular formula is C23H31FO. The second-order valence-electron chi connectivity index (χ2n) is 6.98. The number of hydrogen-bond donors (Lipinski definition) is 0. The number of hydrogen-bond acceptors (Lipinski definition) is 1. The van der Waals surface area contributed by atoms with Crippen LogP contribution in [0.2, 0.25) is 0 Å². The Morgan fingerprint density at radius 3 is 2.64 bits per heavy atom. The number of unbranched alkanes of at least 4 members (excludes halogenated alkanes) is 2. The Morgan fingerprint density at radius 2 is 1.96 bits per heavy atom. The summed E-state index contributed by atoms with van der Waals surface area (Å²) in [4.78, 5) is 0. The third-order valence-corrected chi connectivity index (χ3v) is 5.02. The molecule has 1 aliphatic rings. The molecule has 0 bridgehead atoms. The maximum absolute atomic E-state index is 13.9. The largest absolute Gasteiger partial charge is 0.494 e. The smallest absolute Gasteiger partial charge is 0.142 e. The van der Waals surface area contributed by atoms with Crippen LogP contribution < -0.4 is 4.74 Å². The minimum atomic E-state index is -0.320. The summed E-state index contributed by atoms with van der Waals surface area (Å²) < 4.78 is 19.2. The zero-order valence-electron chi connectivity index (χ0n) is 15.7. The van der Waals surface area contributed by atoms with Crippen LogP contribution in [0, 0.1) is 29.5 Å². The molecule has 2 rings (SSSR count). The molecule has 0 amide bonds. The normalized spacial score (nSPS) is 20.3. The van der Waals surface area contributed by atoms with Gasteiger partial charge in [-0.25, -0.2) is 4.39 Å². The summed E-state index contributed by atoms with van der Waals surface area (Å²) in [6.07, 6.45) is 14.8. The van der Waals surface area contributed by atoms with Gasteiger partial charge in [0.05, 0.1) is 12.2 Å². The van der Waals surface area contributed by atoms with Crippen LogP contribution in [0.3, 0.4) is 0 Å². The summed E-state index contributed by atoms with van der Waals surface area (Å²) in [6.45, 7) is 4.69. The third kappa shape index (κ3) is 6.94. The molecule has 0 aromatic heterocycles. The second-order valence-corrected chi connectivity index (χ2v) is 6.98. The van der Waals surface area contributed by atoms with E-state index in [0.717, 1.165) is 5.92 Å². The fraction of sp³-hybridized carbons (Fsp3) is 0.565. The van der Waals surface area contributed by atoms with Crippen LogP contribution in [-0.4, -0.2) is 6.61 Å². The van der Waals surface area contributed by atoms with Crippen LogP contribution in [0.15, 0.2) is 30.4 Å². The fourth-order valence-corrected chi connectivity index (χ4v) is 3.51. The Kier molecular flexibility index (Phi) is 8.60. The van der Waals surface area contributed by atoms with Gasteiger partial charge in [0, 0.05) is 6.07 Å². The van der Waals surface area contributed by atoms with Crippen molar-refractivity contribution in [2.75, 3.05) is 6.61 Å². The average Bonchev–Trinajstić information content (AvgIpc) is 2.62. The first-order valence-electron chi connectivity index (χ1n) is 9.83. The predicted octanol–water partition coefficient (Wildman–Crippen LogP) is 6.52. The zero-order chi connectivity index (χ0) is 17.9. The molecule has 0 aliphatic heterocycles. The van der Waals surface area contributed by atoms with Gasteiger partial charge in [-0.05, 0) is 62.7 Å². The van der Waals surface area contributed by atoms with Crippen molar-refractivity contribution in [3.8, 4) is 17.6 Å². The first-order valence-corrected chi connectivity index (χ1v) is 9.83. The molecule has 1 saturated carbocycles. The number of halogens is 1. The van der Waals surface area contributed by atoms with Gasteiger partial charge in [-0.1, -0.05) is 50.5 Å². The number of ether oxygens (including phenoxy) is 1. The third-order valence-electron chi connectivity index (χ3n) is 5.02. The number of rotatable bonds is 7. The minimum absolute atomic E-state index is 0.320. The number of benzene rings is 1. The Morgan fingerprint density at radius 1 is 1.16 bits per heavy atom. The molecule has 0 spiro atoms. The summed E-state index contributed by atoms with van der Waals surface area (Å²) in [6, 6.07) is 4.85. The van der Waals surface area contributed by atoms with Gasteiger partial charge < -0.3 is 4.74 Å². The van der Waals surface area contributed by atoms with Crippen molar-refractivity contribution in [1.29, 1.82) is 0 Å². The van der Waals surface area contributed by atoms with E-state index in [1.807, 2.05) is 13.0 Å². The van der Waals surface area contributed by atoms with E-state index in [9.17, 15) is 4.39 Å². The number of allylic oxidation sites excluding steroid dienone is 2. The predicted molar refractivity (Wildman–Crippen MR) is 103 cm³/mol. The maximum Gasteiger partial charge on any atom is 0.142 e. The molecule has 0 unspecified atom stereocenters. The van der Waals surface area contributed by atoms with Crippen LogP contribution in [-0.2, 0) is 0 Å². The minimum Gasteiger partial charge on any atom is -0.494 e. The molecule has 1 aliphatic carbocycles. The summed E-state index contributed by atoms with van der Waals surface area (Å²) in [7, 11) is 0. The van der Waals surface area contributed by atoms with Crippen molar-refractivity contribution in [2.24, 2.45) is 11.8 Å². The second kappa shape index (κ2) is 11.0. The molecule has 0 heterocycles. The van der Waals surface area contributed by atoms with E-state index >= 15 is 0 Å². The van der Waals surface area contributed by atoms with Crippen molar-refractivity contribution in [2.45, 2.75) is 65.2 Å². The summed E-state index contributed by atoms with van der Waals surface area (Å²) in [5.74, 6) is 7.68. The van der Waals surface area contributed by atoms with E-state index in [-0.39, 0.29) is 5.82 Å². The highest BCUT2D eigenvalue weighted by molar-refractivity contribution is 5.41. The molecule has 1 aromatic rings. The molecule has 0 N–H and O–H groups in total. The van der Waals surface area contributed by atoms with Gasteiger partial charge in [0.15, 0.2) is 0 Å². The average molecular weight is 342 g/mol. The lowest BCUT2D eigenvalue weighted by molar-refractivity contribution is 0.289. The first-order chi connectivity index (χ1) is 12.2.